The van der Waals surface area contributed by atoms with Gasteiger partial charge in [0.15, 0.2) is 6.61 Å². The molecule has 25 heavy (non-hydrogen) atoms. The van der Waals surface area contributed by atoms with E-state index in [-0.39, 0.29) is 36.4 Å². The van der Waals surface area contributed by atoms with Crippen LogP contribution in [-0.2, 0) is 9.59 Å². The van der Waals surface area contributed by atoms with Crippen LogP contribution in [0.2, 0.25) is 0 Å². The molecule has 5 heteroatoms. The molecular formula is C20H28N2O3. The van der Waals surface area contributed by atoms with E-state index in [0.717, 1.165) is 24.8 Å². The standard InChI is InChI=1S/C20H28N2O3/c1-12-5-4-6-16(9-12)25-11-19(23)21-15-7-8-17-13(2)14(3)20(24)22-18(17)10-15/h4-6,9,13-15,17-18H,7-8,10-11H2,1-3H3,(H,21,23)(H,22,24). The van der Waals surface area contributed by atoms with Crippen molar-refractivity contribution in [3.63, 3.8) is 0 Å². The molecule has 2 amide bonds. The number of fused-ring (bicyclic) bond motifs is 1. The van der Waals surface area contributed by atoms with Crippen molar-refractivity contribution in [1.82, 2.24) is 10.6 Å². The molecule has 2 N–H and O–H groups in total. The molecular weight excluding hydrogens is 316 g/mol. The molecule has 136 valence electrons. The van der Waals surface area contributed by atoms with E-state index in [9.17, 15) is 9.59 Å². The van der Waals surface area contributed by atoms with Crippen LogP contribution in [0.3, 0.4) is 0 Å². The van der Waals surface area contributed by atoms with E-state index < -0.39 is 0 Å². The number of carbonyl (C=O) groups excluding carboxylic acids is 2. The lowest BCUT2D eigenvalue weighted by Gasteiger charge is -2.45. The number of ether oxygens (including phenoxy) is 1. The molecule has 5 nitrogen and oxygen atoms in total. The minimum Gasteiger partial charge on any atom is -0.484 e. The van der Waals surface area contributed by atoms with Crippen molar-refractivity contribution >= 4 is 11.8 Å². The Labute approximate surface area is 149 Å². The van der Waals surface area contributed by atoms with Gasteiger partial charge < -0.3 is 15.4 Å². The molecule has 0 radical (unpaired) electrons. The highest BCUT2D eigenvalue weighted by atomic mass is 16.5. The van der Waals surface area contributed by atoms with Gasteiger partial charge in [0.2, 0.25) is 5.91 Å². The summed E-state index contributed by atoms with van der Waals surface area (Å²) in [6.07, 6.45) is 2.81. The highest BCUT2D eigenvalue weighted by molar-refractivity contribution is 5.80. The van der Waals surface area contributed by atoms with E-state index >= 15 is 0 Å². The topological polar surface area (TPSA) is 67.4 Å². The predicted octanol–water partition coefficient (Wildman–Crippen LogP) is 2.43. The number of benzene rings is 1. The number of aryl methyl sites for hydroxylation is 1. The first-order valence-electron chi connectivity index (χ1n) is 9.23. The van der Waals surface area contributed by atoms with Gasteiger partial charge in [-0.2, -0.15) is 0 Å². The molecule has 0 bridgehead atoms. The Morgan fingerprint density at radius 1 is 1.32 bits per heavy atom. The number of hydrogen-bond donors (Lipinski definition) is 2. The lowest BCUT2D eigenvalue weighted by molar-refractivity contribution is -0.132. The van der Waals surface area contributed by atoms with Gasteiger partial charge in [0.25, 0.3) is 5.91 Å². The van der Waals surface area contributed by atoms with Crippen LogP contribution in [0.25, 0.3) is 0 Å². The second-order valence-corrected chi connectivity index (χ2v) is 7.61. The number of hydrogen-bond acceptors (Lipinski definition) is 3. The van der Waals surface area contributed by atoms with Gasteiger partial charge in [-0.3, -0.25) is 9.59 Å². The molecule has 1 saturated carbocycles. The molecule has 2 aliphatic rings. The number of piperidine rings is 1. The Hall–Kier alpha value is -2.04. The zero-order valence-electron chi connectivity index (χ0n) is 15.2. The number of amides is 2. The Morgan fingerprint density at radius 2 is 2.12 bits per heavy atom. The number of nitrogens with one attached hydrogen (secondary N) is 2. The van der Waals surface area contributed by atoms with Gasteiger partial charge in [-0.1, -0.05) is 26.0 Å². The summed E-state index contributed by atoms with van der Waals surface area (Å²) in [5.41, 5.74) is 1.10. The summed E-state index contributed by atoms with van der Waals surface area (Å²) >= 11 is 0. The van der Waals surface area contributed by atoms with Crippen LogP contribution in [0.15, 0.2) is 24.3 Å². The van der Waals surface area contributed by atoms with E-state index in [0.29, 0.717) is 17.6 Å². The maximum atomic E-state index is 12.2. The fraction of sp³-hybridized carbons (Fsp3) is 0.600. The monoisotopic (exact) mass is 344 g/mol. The summed E-state index contributed by atoms with van der Waals surface area (Å²) < 4.78 is 5.56. The van der Waals surface area contributed by atoms with Crippen molar-refractivity contribution in [2.45, 2.75) is 52.1 Å². The van der Waals surface area contributed by atoms with E-state index in [1.54, 1.807) is 0 Å². The molecule has 0 spiro atoms. The van der Waals surface area contributed by atoms with Crippen LogP contribution in [0, 0.1) is 24.7 Å². The maximum Gasteiger partial charge on any atom is 0.258 e. The van der Waals surface area contributed by atoms with Crippen molar-refractivity contribution < 1.29 is 14.3 Å². The average molecular weight is 344 g/mol. The summed E-state index contributed by atoms with van der Waals surface area (Å²) in [6.45, 7) is 6.20. The van der Waals surface area contributed by atoms with Gasteiger partial charge in [-0.25, -0.2) is 0 Å². The Balaban J connectivity index is 1.49. The summed E-state index contributed by atoms with van der Waals surface area (Å²) in [5, 5.41) is 6.21. The summed E-state index contributed by atoms with van der Waals surface area (Å²) in [6, 6.07) is 7.96. The largest absolute Gasteiger partial charge is 0.484 e. The number of carbonyl (C=O) groups is 2. The van der Waals surface area contributed by atoms with Gasteiger partial charge in [-0.15, -0.1) is 0 Å². The van der Waals surface area contributed by atoms with Crippen molar-refractivity contribution in [2.24, 2.45) is 17.8 Å². The van der Waals surface area contributed by atoms with Gasteiger partial charge in [-0.05, 0) is 55.7 Å². The third kappa shape index (κ3) is 4.14. The molecule has 1 saturated heterocycles. The van der Waals surface area contributed by atoms with Crippen LogP contribution >= 0.6 is 0 Å². The van der Waals surface area contributed by atoms with Gasteiger partial charge in [0.05, 0.1) is 0 Å². The second-order valence-electron chi connectivity index (χ2n) is 7.61. The molecule has 0 aromatic heterocycles. The van der Waals surface area contributed by atoms with Crippen molar-refractivity contribution in [3.8, 4) is 5.75 Å². The third-order valence-electron chi connectivity index (χ3n) is 5.83. The zero-order valence-corrected chi connectivity index (χ0v) is 15.2. The Kier molecular flexibility index (Phi) is 5.30. The molecule has 3 rings (SSSR count). The summed E-state index contributed by atoms with van der Waals surface area (Å²) in [4.78, 5) is 24.2. The van der Waals surface area contributed by atoms with Crippen LogP contribution in [0.1, 0.15) is 38.7 Å². The first-order chi connectivity index (χ1) is 11.9. The van der Waals surface area contributed by atoms with E-state index in [4.69, 9.17) is 4.74 Å². The highest BCUT2D eigenvalue weighted by Gasteiger charge is 2.42. The fourth-order valence-electron chi connectivity index (χ4n) is 4.17. The maximum absolute atomic E-state index is 12.2. The van der Waals surface area contributed by atoms with Crippen molar-refractivity contribution in [2.75, 3.05) is 6.61 Å². The molecule has 5 unspecified atom stereocenters. The van der Waals surface area contributed by atoms with Gasteiger partial charge >= 0.3 is 0 Å². The highest BCUT2D eigenvalue weighted by Crippen LogP contribution is 2.37. The van der Waals surface area contributed by atoms with Gasteiger partial charge in [0.1, 0.15) is 5.75 Å². The number of rotatable bonds is 4. The fourth-order valence-corrected chi connectivity index (χ4v) is 4.17. The molecule has 5 atom stereocenters. The minimum absolute atomic E-state index is 0.0217. The lowest BCUT2D eigenvalue weighted by Crippen LogP contribution is -2.57. The van der Waals surface area contributed by atoms with E-state index in [1.807, 2.05) is 38.1 Å². The molecule has 1 aromatic carbocycles. The van der Waals surface area contributed by atoms with Crippen LogP contribution in [0.5, 0.6) is 5.75 Å². The SMILES string of the molecule is Cc1cccc(OCC(=O)NC2CCC3C(C2)NC(=O)C(C)C3C)c1. The molecule has 1 aromatic rings. The Bertz CT molecular complexity index is 646. The van der Waals surface area contributed by atoms with E-state index in [1.165, 1.54) is 0 Å². The first-order valence-corrected chi connectivity index (χ1v) is 9.23. The normalized spacial score (nSPS) is 31.6. The smallest absolute Gasteiger partial charge is 0.258 e. The molecule has 1 aliphatic heterocycles. The molecule has 1 heterocycles. The Morgan fingerprint density at radius 3 is 2.88 bits per heavy atom. The summed E-state index contributed by atoms with van der Waals surface area (Å²) in [5.74, 6) is 1.75. The average Bonchev–Trinajstić information content (AvgIpc) is 2.58. The van der Waals surface area contributed by atoms with E-state index in [2.05, 4.69) is 17.6 Å². The third-order valence-corrected chi connectivity index (χ3v) is 5.83. The van der Waals surface area contributed by atoms with Crippen LogP contribution < -0.4 is 15.4 Å². The van der Waals surface area contributed by atoms with Crippen molar-refractivity contribution in [1.29, 1.82) is 0 Å². The first kappa shape index (κ1) is 17.8. The molecule has 1 aliphatic carbocycles. The van der Waals surface area contributed by atoms with Crippen molar-refractivity contribution in [3.05, 3.63) is 29.8 Å². The second kappa shape index (κ2) is 7.46. The van der Waals surface area contributed by atoms with Gasteiger partial charge in [0, 0.05) is 18.0 Å². The summed E-state index contributed by atoms with van der Waals surface area (Å²) in [7, 11) is 0. The predicted molar refractivity (Wildman–Crippen MR) is 96.2 cm³/mol. The lowest BCUT2D eigenvalue weighted by atomic mass is 9.68. The van der Waals surface area contributed by atoms with Crippen LogP contribution in [0.4, 0.5) is 0 Å². The zero-order chi connectivity index (χ0) is 18.0. The van der Waals surface area contributed by atoms with Crippen LogP contribution in [-0.4, -0.2) is 30.5 Å². The molecule has 2 fully saturated rings. The minimum atomic E-state index is -0.103. The quantitative estimate of drug-likeness (QED) is 0.881.